The lowest BCUT2D eigenvalue weighted by atomic mass is 9.87. The third-order valence-electron chi connectivity index (χ3n) is 7.96. The van der Waals surface area contributed by atoms with Gasteiger partial charge in [-0.25, -0.2) is 4.58 Å². The Kier molecular flexibility index (Phi) is 6.45. The van der Waals surface area contributed by atoms with Crippen molar-refractivity contribution in [1.29, 1.82) is 0 Å². The fourth-order valence-electron chi connectivity index (χ4n) is 6.00. The number of hydrogen-bond donors (Lipinski definition) is 0. The van der Waals surface area contributed by atoms with Gasteiger partial charge in [-0.2, -0.15) is 0 Å². The zero-order valence-electron chi connectivity index (χ0n) is 23.4. The lowest BCUT2D eigenvalue weighted by Crippen LogP contribution is -2.38. The lowest BCUT2D eigenvalue weighted by molar-refractivity contribution is -0.462. The predicted molar refractivity (Wildman–Crippen MR) is 171 cm³/mol. The van der Waals surface area contributed by atoms with Crippen LogP contribution in [-0.4, -0.2) is 38.5 Å². The van der Waals surface area contributed by atoms with Crippen molar-refractivity contribution in [3.8, 4) is 0 Å². The number of rotatable bonds is 4. The first-order valence-electron chi connectivity index (χ1n) is 13.5. The molecule has 4 aromatic rings. The molecule has 0 saturated heterocycles. The van der Waals surface area contributed by atoms with Crippen LogP contribution in [0.25, 0.3) is 5.57 Å². The minimum absolute atomic E-state index is 1.22. The van der Waals surface area contributed by atoms with Crippen LogP contribution >= 0.6 is 7.26 Å². The van der Waals surface area contributed by atoms with Crippen LogP contribution in [-0.2, 0) is 0 Å². The van der Waals surface area contributed by atoms with Crippen LogP contribution < -0.4 is 20.8 Å². The highest BCUT2D eigenvalue weighted by Gasteiger charge is 2.56. The summed E-state index contributed by atoms with van der Waals surface area (Å²) in [7, 11) is 6.30. The van der Waals surface area contributed by atoms with Crippen LogP contribution in [0.15, 0.2) is 132 Å². The molecule has 1 heterocycles. The number of allylic oxidation sites excluding steroid dienone is 5. The molecule has 0 fully saturated rings. The SMILES string of the molecule is Cc1ccccc1C1=C2C=CC(=[N+](C)C)C=C2[P+](c2ccccc2)(c2ccccc2)c2cc(N(C)C)ccc21. The molecule has 0 spiro atoms. The van der Waals surface area contributed by atoms with Gasteiger partial charge in [0.1, 0.15) is 42.6 Å². The number of benzene rings is 4. The molecule has 0 amide bonds. The number of aryl methyl sites for hydroxylation is 1. The van der Waals surface area contributed by atoms with E-state index in [1.54, 1.807) is 0 Å². The molecule has 0 aromatic heterocycles. The standard InChI is InChI=1S/C36H35N2P/c1-26-14-12-13-19-31(26)36-32-22-20-27(37(2)3)24-34(32)39(29-15-8-6-9-16-29,30-17-10-7-11-18-30)35-25-28(38(4)5)21-23-33(35)36/h6-25H,1-5H3/q+2. The molecule has 4 aromatic carbocycles. The van der Waals surface area contributed by atoms with E-state index >= 15 is 0 Å². The van der Waals surface area contributed by atoms with Gasteiger partial charge in [0.05, 0.1) is 6.08 Å². The van der Waals surface area contributed by atoms with Gasteiger partial charge < -0.3 is 4.90 Å². The molecule has 0 radical (unpaired) electrons. The summed E-state index contributed by atoms with van der Waals surface area (Å²) in [5, 5.41) is 5.62. The van der Waals surface area contributed by atoms with E-state index in [2.05, 4.69) is 166 Å². The molecule has 0 atom stereocenters. The summed E-state index contributed by atoms with van der Waals surface area (Å²) < 4.78 is 2.23. The largest absolute Gasteiger partial charge is 0.378 e. The smallest absolute Gasteiger partial charge is 0.203 e. The van der Waals surface area contributed by atoms with E-state index < -0.39 is 7.26 Å². The summed E-state index contributed by atoms with van der Waals surface area (Å²) in [4.78, 5) is 2.23. The van der Waals surface area contributed by atoms with E-state index in [0.717, 1.165) is 0 Å². The molecule has 2 aliphatic rings. The van der Waals surface area contributed by atoms with E-state index in [9.17, 15) is 0 Å². The van der Waals surface area contributed by atoms with Crippen LogP contribution in [0.1, 0.15) is 16.7 Å². The Hall–Kier alpha value is -4.00. The second-order valence-corrected chi connectivity index (χ2v) is 14.1. The fourth-order valence-corrected chi connectivity index (χ4v) is 10.7. The zero-order valence-corrected chi connectivity index (χ0v) is 24.3. The highest BCUT2D eigenvalue weighted by Crippen LogP contribution is 2.69. The van der Waals surface area contributed by atoms with Gasteiger partial charge in [-0.1, -0.05) is 60.7 Å². The van der Waals surface area contributed by atoms with Crippen molar-refractivity contribution in [2.24, 2.45) is 0 Å². The molecule has 1 aliphatic carbocycles. The van der Waals surface area contributed by atoms with Gasteiger partial charge in [-0.05, 0) is 60.5 Å². The topological polar surface area (TPSA) is 6.25 Å². The quantitative estimate of drug-likeness (QED) is 0.222. The molecule has 3 heteroatoms. The zero-order chi connectivity index (χ0) is 27.1. The van der Waals surface area contributed by atoms with Gasteiger partial charge >= 0.3 is 0 Å². The van der Waals surface area contributed by atoms with Gasteiger partial charge in [0.15, 0.2) is 0 Å². The van der Waals surface area contributed by atoms with Crippen molar-refractivity contribution in [3.05, 3.63) is 149 Å². The van der Waals surface area contributed by atoms with E-state index in [4.69, 9.17) is 0 Å². The number of fused-ring (bicyclic) bond motifs is 2. The third-order valence-corrected chi connectivity index (χ3v) is 12.3. The monoisotopic (exact) mass is 526 g/mol. The normalized spacial score (nSPS) is 15.4. The molecule has 0 saturated carbocycles. The molecule has 0 unspecified atom stereocenters. The molecular weight excluding hydrogens is 491 g/mol. The van der Waals surface area contributed by atoms with Crippen molar-refractivity contribution >= 4 is 40.1 Å². The summed E-state index contributed by atoms with van der Waals surface area (Å²) in [6.07, 6.45) is 7.11. The minimum Gasteiger partial charge on any atom is -0.378 e. The molecular formula is C36H35N2P+2. The van der Waals surface area contributed by atoms with Gasteiger partial charge in [0.25, 0.3) is 0 Å². The van der Waals surface area contributed by atoms with Crippen molar-refractivity contribution in [1.82, 2.24) is 0 Å². The molecule has 39 heavy (non-hydrogen) atoms. The van der Waals surface area contributed by atoms with Crippen LogP contribution in [0.2, 0.25) is 0 Å². The molecule has 0 bridgehead atoms. The second kappa shape index (κ2) is 9.95. The number of nitrogens with zero attached hydrogens (tertiary/aromatic N) is 2. The number of anilines is 1. The average Bonchev–Trinajstić information content (AvgIpc) is 2.97. The summed E-state index contributed by atoms with van der Waals surface area (Å²) >= 11 is 0. The Balaban J connectivity index is 1.86. The highest BCUT2D eigenvalue weighted by atomic mass is 31.2. The van der Waals surface area contributed by atoms with Crippen molar-refractivity contribution in [2.45, 2.75) is 6.92 Å². The summed E-state index contributed by atoms with van der Waals surface area (Å²) in [6, 6.07) is 38.4. The molecule has 6 rings (SSSR count). The van der Waals surface area contributed by atoms with Gasteiger partial charge in [0, 0.05) is 48.6 Å². The lowest BCUT2D eigenvalue weighted by Gasteiger charge is -2.37. The van der Waals surface area contributed by atoms with Gasteiger partial charge in [-0.15, -0.1) is 0 Å². The first kappa shape index (κ1) is 25.3. The molecule has 0 N–H and O–H groups in total. The van der Waals surface area contributed by atoms with Crippen LogP contribution in [0.4, 0.5) is 5.69 Å². The van der Waals surface area contributed by atoms with Crippen molar-refractivity contribution in [2.75, 3.05) is 33.1 Å². The first-order chi connectivity index (χ1) is 18.9. The fraction of sp³-hybridized carbons (Fsp3) is 0.139. The number of hydrogen-bond acceptors (Lipinski definition) is 1. The molecule has 192 valence electrons. The van der Waals surface area contributed by atoms with Crippen LogP contribution in [0.5, 0.6) is 0 Å². The van der Waals surface area contributed by atoms with E-state index in [1.165, 1.54) is 60.5 Å². The van der Waals surface area contributed by atoms with Gasteiger partial charge in [0.2, 0.25) is 5.71 Å². The maximum atomic E-state index is 2.46. The van der Waals surface area contributed by atoms with Crippen LogP contribution in [0.3, 0.4) is 0 Å². The molecule has 1 aliphatic heterocycles. The van der Waals surface area contributed by atoms with Crippen molar-refractivity contribution in [3.63, 3.8) is 0 Å². The van der Waals surface area contributed by atoms with E-state index in [-0.39, 0.29) is 0 Å². The van der Waals surface area contributed by atoms with Crippen LogP contribution in [0, 0.1) is 6.92 Å². The Morgan fingerprint density at radius 1 is 0.667 bits per heavy atom. The highest BCUT2D eigenvalue weighted by molar-refractivity contribution is 7.99. The summed E-state index contributed by atoms with van der Waals surface area (Å²) in [6.45, 7) is 2.23. The second-order valence-electron chi connectivity index (χ2n) is 10.7. The Labute approximate surface area is 233 Å². The van der Waals surface area contributed by atoms with Crippen molar-refractivity contribution < 1.29 is 4.58 Å². The molecule has 2 nitrogen and oxygen atoms in total. The predicted octanol–water partition coefficient (Wildman–Crippen LogP) is 6.34. The maximum Gasteiger partial charge on any atom is 0.203 e. The third kappa shape index (κ3) is 4.03. The Morgan fingerprint density at radius 2 is 1.28 bits per heavy atom. The first-order valence-corrected chi connectivity index (χ1v) is 15.3. The van der Waals surface area contributed by atoms with Gasteiger partial charge in [-0.3, -0.25) is 0 Å². The Morgan fingerprint density at radius 3 is 1.87 bits per heavy atom. The minimum atomic E-state index is -2.26. The maximum absolute atomic E-state index is 2.46. The van der Waals surface area contributed by atoms with E-state index in [0.29, 0.717) is 0 Å². The Bertz CT molecular complexity index is 1650. The summed E-state index contributed by atoms with van der Waals surface area (Å²) in [5.74, 6) is 0. The summed E-state index contributed by atoms with van der Waals surface area (Å²) in [5.41, 5.74) is 9.04. The average molecular weight is 527 g/mol. The van der Waals surface area contributed by atoms with E-state index in [1.807, 2.05) is 0 Å².